The molecule has 12 nitrogen and oxygen atoms in total. The Labute approximate surface area is 275 Å². The number of nitrogens with zero attached hydrogens (tertiary/aromatic N) is 2. The number of hydrogen-bond donors (Lipinski definition) is 1. The van der Waals surface area contributed by atoms with Gasteiger partial charge in [0.05, 0.1) is 35.2 Å². The van der Waals surface area contributed by atoms with Gasteiger partial charge in [-0.1, -0.05) is 37.0 Å². The average molecular weight is 677 g/mol. The van der Waals surface area contributed by atoms with Crippen LogP contribution in [0.3, 0.4) is 0 Å². The van der Waals surface area contributed by atoms with Crippen molar-refractivity contribution in [2.75, 3.05) is 13.2 Å². The third-order valence-electron chi connectivity index (χ3n) is 8.14. The van der Waals surface area contributed by atoms with Gasteiger partial charge in [0.2, 0.25) is 0 Å². The summed E-state index contributed by atoms with van der Waals surface area (Å²) in [6.07, 6.45) is -1.82. The van der Waals surface area contributed by atoms with Crippen LogP contribution in [0.25, 0.3) is 22.3 Å². The maximum absolute atomic E-state index is 13.5. The number of likely N-dealkylation sites (tertiary alicyclic amines) is 1. The number of carbonyl (C=O) groups is 3. The lowest BCUT2D eigenvalue weighted by molar-refractivity contribution is -0.292. The zero-order chi connectivity index (χ0) is 33.1. The van der Waals surface area contributed by atoms with Gasteiger partial charge in [-0.3, -0.25) is 14.4 Å². The molecule has 3 aromatic rings. The third-order valence-corrected chi connectivity index (χ3v) is 8.61. The lowest BCUT2D eigenvalue weighted by Crippen LogP contribution is -2.57. The summed E-state index contributed by atoms with van der Waals surface area (Å²) in [5.74, 6) is -1.03. The van der Waals surface area contributed by atoms with E-state index >= 15 is 0 Å². The quantitative estimate of drug-likeness (QED) is 0.303. The minimum Gasteiger partial charge on any atom is -0.458 e. The predicted octanol–water partition coefficient (Wildman–Crippen LogP) is 5.51. The normalized spacial score (nSPS) is 24.5. The molecule has 6 atom stereocenters. The fourth-order valence-electron chi connectivity index (χ4n) is 5.94. The number of nitrogens with one attached hydrogen (secondary N) is 1. The Bertz CT molecular complexity index is 1680. The molecule has 246 valence electrons. The van der Waals surface area contributed by atoms with E-state index in [0.717, 1.165) is 0 Å². The maximum Gasteiger partial charge on any atom is 0.415 e. The first-order valence-corrected chi connectivity index (χ1v) is 15.8. The molecule has 0 saturated carbocycles. The summed E-state index contributed by atoms with van der Waals surface area (Å²) in [6.45, 7) is 6.81. The highest BCUT2D eigenvalue weighted by atomic mass is 35.5. The fourth-order valence-corrected chi connectivity index (χ4v) is 6.29. The first kappa shape index (κ1) is 33.6. The van der Waals surface area contributed by atoms with Crippen molar-refractivity contribution >= 4 is 52.1 Å². The molecule has 3 heterocycles. The Hall–Kier alpha value is -3.71. The second kappa shape index (κ2) is 14.4. The molecule has 0 radical (unpaired) electrons. The van der Waals surface area contributed by atoms with Gasteiger partial charge in [0.25, 0.3) is 5.56 Å². The predicted molar refractivity (Wildman–Crippen MR) is 169 cm³/mol. The molecule has 5 rings (SSSR count). The van der Waals surface area contributed by atoms with Crippen molar-refractivity contribution in [3.8, 4) is 17.1 Å². The number of aromatic amines is 1. The Balaban J connectivity index is 1.34. The topological polar surface area (TPSA) is 146 Å². The number of amides is 1. The van der Waals surface area contributed by atoms with Crippen LogP contribution in [0.1, 0.15) is 47.0 Å². The number of aromatic nitrogens is 2. The van der Waals surface area contributed by atoms with Crippen molar-refractivity contribution in [2.45, 2.75) is 77.6 Å². The molecule has 2 aromatic carbocycles. The second-order valence-electron chi connectivity index (χ2n) is 11.4. The zero-order valence-electron chi connectivity index (χ0n) is 25.8. The van der Waals surface area contributed by atoms with Gasteiger partial charge in [0.1, 0.15) is 17.7 Å². The summed E-state index contributed by atoms with van der Waals surface area (Å²) in [6, 6.07) is 9.03. The number of fused-ring (bicyclic) bond motifs is 1. The molecule has 2 saturated heterocycles. The molecule has 0 aliphatic carbocycles. The Morgan fingerprint density at radius 1 is 1.04 bits per heavy atom. The van der Waals surface area contributed by atoms with Crippen molar-refractivity contribution in [1.29, 1.82) is 0 Å². The van der Waals surface area contributed by atoms with E-state index in [-0.39, 0.29) is 36.2 Å². The van der Waals surface area contributed by atoms with Gasteiger partial charge in [-0.25, -0.2) is 9.78 Å². The number of halogens is 2. The SMILES string of the molecule is CC[C@H]1O[C@@H](OCC2CCCN2C(=O)Oc2ccc(Cl)cc2-c2nc3ccc(Cl)cc3c(=O)[nH]2)[C@H](OC(C)=O)[C@@H](OC(C)=O)[C@H]1C. The highest BCUT2D eigenvalue weighted by Gasteiger charge is 2.48. The van der Waals surface area contributed by atoms with E-state index in [1.54, 1.807) is 29.2 Å². The van der Waals surface area contributed by atoms with Crippen LogP contribution in [-0.2, 0) is 28.5 Å². The van der Waals surface area contributed by atoms with Crippen LogP contribution < -0.4 is 10.3 Å². The average Bonchev–Trinajstić information content (AvgIpc) is 3.48. The largest absolute Gasteiger partial charge is 0.458 e. The van der Waals surface area contributed by atoms with Gasteiger partial charge < -0.3 is 33.6 Å². The van der Waals surface area contributed by atoms with Crippen molar-refractivity contribution in [1.82, 2.24) is 14.9 Å². The van der Waals surface area contributed by atoms with Gasteiger partial charge in [-0.15, -0.1) is 0 Å². The van der Waals surface area contributed by atoms with E-state index in [1.807, 2.05) is 13.8 Å². The zero-order valence-corrected chi connectivity index (χ0v) is 27.3. The van der Waals surface area contributed by atoms with E-state index < -0.39 is 42.1 Å². The summed E-state index contributed by atoms with van der Waals surface area (Å²) in [5, 5.41) is 1.06. The van der Waals surface area contributed by atoms with Gasteiger partial charge >= 0.3 is 18.0 Å². The van der Waals surface area contributed by atoms with Crippen LogP contribution in [0.5, 0.6) is 5.75 Å². The number of benzene rings is 2. The number of esters is 2. The molecular weight excluding hydrogens is 641 g/mol. The van der Waals surface area contributed by atoms with Crippen molar-refractivity contribution in [3.05, 3.63) is 56.8 Å². The summed E-state index contributed by atoms with van der Waals surface area (Å²) in [5.41, 5.74) is 0.312. The van der Waals surface area contributed by atoms with E-state index in [0.29, 0.717) is 52.3 Å². The van der Waals surface area contributed by atoms with Crippen molar-refractivity contribution in [3.63, 3.8) is 0 Å². The molecule has 1 unspecified atom stereocenters. The van der Waals surface area contributed by atoms with Gasteiger partial charge in [0.15, 0.2) is 12.4 Å². The van der Waals surface area contributed by atoms with Crippen LogP contribution in [0.2, 0.25) is 10.0 Å². The lowest BCUT2D eigenvalue weighted by atomic mass is 9.89. The molecule has 0 bridgehead atoms. The lowest BCUT2D eigenvalue weighted by Gasteiger charge is -2.44. The van der Waals surface area contributed by atoms with Crippen LogP contribution in [0.4, 0.5) is 4.79 Å². The van der Waals surface area contributed by atoms with Crippen LogP contribution >= 0.6 is 23.2 Å². The molecule has 2 fully saturated rings. The summed E-state index contributed by atoms with van der Waals surface area (Å²) in [7, 11) is 0. The molecule has 2 aliphatic rings. The van der Waals surface area contributed by atoms with E-state index in [9.17, 15) is 19.2 Å². The Morgan fingerprint density at radius 2 is 1.74 bits per heavy atom. The molecule has 46 heavy (non-hydrogen) atoms. The summed E-state index contributed by atoms with van der Waals surface area (Å²) >= 11 is 12.3. The van der Waals surface area contributed by atoms with Crippen LogP contribution in [-0.4, -0.2) is 76.7 Å². The van der Waals surface area contributed by atoms with Crippen molar-refractivity contribution < 1.29 is 38.1 Å². The number of carbonyl (C=O) groups excluding carboxylic acids is 3. The molecule has 1 amide bonds. The van der Waals surface area contributed by atoms with Gasteiger partial charge in [-0.2, -0.15) is 0 Å². The highest BCUT2D eigenvalue weighted by Crippen LogP contribution is 2.35. The molecule has 2 aliphatic heterocycles. The number of H-pyrrole nitrogens is 1. The van der Waals surface area contributed by atoms with Crippen molar-refractivity contribution in [2.24, 2.45) is 5.92 Å². The van der Waals surface area contributed by atoms with Crippen LogP contribution in [0.15, 0.2) is 41.2 Å². The summed E-state index contributed by atoms with van der Waals surface area (Å²) < 4.78 is 29.3. The summed E-state index contributed by atoms with van der Waals surface area (Å²) in [4.78, 5) is 59.1. The van der Waals surface area contributed by atoms with E-state index in [4.69, 9.17) is 46.9 Å². The number of rotatable bonds is 8. The first-order valence-electron chi connectivity index (χ1n) is 15.0. The first-order chi connectivity index (χ1) is 21.9. The second-order valence-corrected chi connectivity index (χ2v) is 12.2. The molecule has 0 spiro atoms. The molecule has 1 aromatic heterocycles. The standard InChI is InChI=1S/C32H35Cl2N3O9/c1-5-25-16(2)27(43-17(3)38)28(44-18(4)39)31(45-25)42-15-21-7-6-12-37(21)32(41)46-26-11-9-20(34)14-23(26)29-35-24-10-8-19(33)13-22(24)30(40)36-29/h8-11,13-14,16,21,25,27-28,31H,5-7,12,15H2,1-4H3,(H,35,36,40)/t16-,21?,25+,27-,28+,31+/m0/s1. The number of hydrogen-bond acceptors (Lipinski definition) is 10. The maximum atomic E-state index is 13.5. The fraction of sp³-hybridized carbons (Fsp3) is 0.469. The molecular formula is C32H35Cl2N3O9. The highest BCUT2D eigenvalue weighted by molar-refractivity contribution is 6.31. The molecule has 14 heteroatoms. The minimum absolute atomic E-state index is 0.0464. The molecule has 1 N–H and O–H groups in total. The van der Waals surface area contributed by atoms with Crippen LogP contribution in [0, 0.1) is 5.92 Å². The Morgan fingerprint density at radius 3 is 2.46 bits per heavy atom. The van der Waals surface area contributed by atoms with Gasteiger partial charge in [0, 0.05) is 36.4 Å². The van der Waals surface area contributed by atoms with Gasteiger partial charge in [-0.05, 0) is 55.7 Å². The minimum atomic E-state index is -1.03. The van der Waals surface area contributed by atoms with E-state index in [1.165, 1.54) is 26.0 Å². The van der Waals surface area contributed by atoms with E-state index in [2.05, 4.69) is 9.97 Å². The third kappa shape index (κ3) is 7.46. The number of ether oxygens (including phenoxy) is 5. The monoisotopic (exact) mass is 675 g/mol. The Kier molecular flexibility index (Phi) is 10.5. The smallest absolute Gasteiger partial charge is 0.415 e.